The van der Waals surface area contributed by atoms with E-state index in [1.165, 1.54) is 25.9 Å². The molecule has 1 fully saturated rings. The summed E-state index contributed by atoms with van der Waals surface area (Å²) in [6.45, 7) is 12.4. The second kappa shape index (κ2) is 3.58. The number of nitrogens with two attached hydrogens (primary N) is 1. The molecule has 0 bridgehead atoms. The van der Waals surface area contributed by atoms with Crippen molar-refractivity contribution in [2.24, 2.45) is 11.1 Å². The van der Waals surface area contributed by atoms with E-state index in [-0.39, 0.29) is 5.54 Å². The first-order valence-electron chi connectivity index (χ1n) is 5.30. The lowest BCUT2D eigenvalue weighted by Crippen LogP contribution is -2.50. The molecule has 0 saturated carbocycles. The number of nitrogens with zero attached hydrogens (tertiary/aromatic N) is 1. The van der Waals surface area contributed by atoms with Crippen LogP contribution in [0, 0.1) is 5.41 Å². The van der Waals surface area contributed by atoms with Crippen LogP contribution < -0.4 is 5.73 Å². The lowest BCUT2D eigenvalue weighted by atomic mass is 9.83. The summed E-state index contributed by atoms with van der Waals surface area (Å²) in [7, 11) is 0. The zero-order valence-electron chi connectivity index (χ0n) is 9.56. The van der Waals surface area contributed by atoms with Gasteiger partial charge < -0.3 is 10.6 Å². The summed E-state index contributed by atoms with van der Waals surface area (Å²) in [6, 6.07) is 0. The third kappa shape index (κ3) is 4.10. The molecule has 78 valence electrons. The third-order valence-electron chi connectivity index (χ3n) is 2.61. The van der Waals surface area contributed by atoms with Crippen LogP contribution in [0.5, 0.6) is 0 Å². The van der Waals surface area contributed by atoms with E-state index in [9.17, 15) is 0 Å². The maximum absolute atomic E-state index is 6.01. The number of likely N-dealkylation sites (tertiary alicyclic amines) is 1. The minimum atomic E-state index is -0.0482. The van der Waals surface area contributed by atoms with E-state index in [2.05, 4.69) is 32.6 Å². The fraction of sp³-hybridized carbons (Fsp3) is 1.00. The minimum Gasteiger partial charge on any atom is -0.324 e. The van der Waals surface area contributed by atoms with Crippen LogP contribution in [-0.4, -0.2) is 30.1 Å². The van der Waals surface area contributed by atoms with E-state index < -0.39 is 0 Å². The van der Waals surface area contributed by atoms with Crippen LogP contribution in [0.15, 0.2) is 0 Å². The van der Waals surface area contributed by atoms with Gasteiger partial charge in [0, 0.05) is 18.6 Å². The van der Waals surface area contributed by atoms with Gasteiger partial charge in [-0.2, -0.15) is 0 Å². The summed E-state index contributed by atoms with van der Waals surface area (Å²) < 4.78 is 0. The van der Waals surface area contributed by atoms with E-state index in [0.29, 0.717) is 5.41 Å². The van der Waals surface area contributed by atoms with Crippen LogP contribution in [0.2, 0.25) is 0 Å². The highest BCUT2D eigenvalue weighted by atomic mass is 15.2. The fourth-order valence-corrected chi connectivity index (χ4v) is 2.26. The van der Waals surface area contributed by atoms with Crippen molar-refractivity contribution < 1.29 is 0 Å². The van der Waals surface area contributed by atoms with Crippen LogP contribution in [0.25, 0.3) is 0 Å². The molecule has 2 heteroatoms. The molecule has 0 aliphatic carbocycles. The van der Waals surface area contributed by atoms with Gasteiger partial charge in [0.15, 0.2) is 0 Å². The van der Waals surface area contributed by atoms with Gasteiger partial charge in [0.25, 0.3) is 0 Å². The first-order chi connectivity index (χ1) is 5.79. The summed E-state index contributed by atoms with van der Waals surface area (Å²) in [6.07, 6.45) is 2.68. The van der Waals surface area contributed by atoms with Crippen molar-refractivity contribution >= 4 is 0 Å². The molecule has 13 heavy (non-hydrogen) atoms. The summed E-state index contributed by atoms with van der Waals surface area (Å²) in [5.41, 5.74) is 6.45. The van der Waals surface area contributed by atoms with Crippen molar-refractivity contribution in [3.8, 4) is 0 Å². The third-order valence-corrected chi connectivity index (χ3v) is 2.61. The van der Waals surface area contributed by atoms with Crippen LogP contribution in [0.4, 0.5) is 0 Å². The zero-order chi connectivity index (χ0) is 10.1. The lowest BCUT2D eigenvalue weighted by Gasteiger charge is -2.40. The zero-order valence-corrected chi connectivity index (χ0v) is 9.56. The number of hydrogen-bond acceptors (Lipinski definition) is 2. The molecule has 2 nitrogen and oxygen atoms in total. The molecular weight excluding hydrogens is 160 g/mol. The number of piperidine rings is 1. The molecule has 0 aromatic rings. The Kier molecular flexibility index (Phi) is 3.03. The normalized spacial score (nSPS) is 24.7. The highest BCUT2D eigenvalue weighted by molar-refractivity contribution is 4.84. The van der Waals surface area contributed by atoms with Crippen molar-refractivity contribution in [3.63, 3.8) is 0 Å². The van der Waals surface area contributed by atoms with E-state index in [4.69, 9.17) is 5.73 Å². The molecule has 0 aromatic heterocycles. The summed E-state index contributed by atoms with van der Waals surface area (Å²) >= 11 is 0. The Bertz CT molecular complexity index is 165. The van der Waals surface area contributed by atoms with Gasteiger partial charge >= 0.3 is 0 Å². The van der Waals surface area contributed by atoms with Gasteiger partial charge in [0.1, 0.15) is 0 Å². The van der Waals surface area contributed by atoms with Crippen LogP contribution in [-0.2, 0) is 0 Å². The second-order valence-electron chi connectivity index (χ2n) is 5.97. The summed E-state index contributed by atoms with van der Waals surface area (Å²) in [5.74, 6) is 0. The minimum absolute atomic E-state index is 0.0482. The van der Waals surface area contributed by atoms with Gasteiger partial charge in [-0.05, 0) is 38.6 Å². The summed E-state index contributed by atoms with van der Waals surface area (Å²) in [5, 5.41) is 0. The largest absolute Gasteiger partial charge is 0.324 e. The van der Waals surface area contributed by atoms with Gasteiger partial charge in [-0.15, -0.1) is 0 Å². The topological polar surface area (TPSA) is 29.3 Å². The summed E-state index contributed by atoms with van der Waals surface area (Å²) in [4.78, 5) is 2.50. The SMILES string of the molecule is CC(C)(N)CN1CCCC(C)(C)C1. The molecule has 0 radical (unpaired) electrons. The molecular formula is C11H24N2. The molecule has 0 spiro atoms. The van der Waals surface area contributed by atoms with Crippen LogP contribution in [0.1, 0.15) is 40.5 Å². The van der Waals surface area contributed by atoms with Gasteiger partial charge in [0.2, 0.25) is 0 Å². The van der Waals surface area contributed by atoms with Crippen molar-refractivity contribution in [2.45, 2.75) is 46.1 Å². The van der Waals surface area contributed by atoms with Crippen molar-refractivity contribution in [1.29, 1.82) is 0 Å². The average Bonchev–Trinajstić information content (AvgIpc) is 1.79. The standard InChI is InChI=1S/C11H24N2/c1-10(2)6-5-7-13(8-10)9-11(3,4)12/h5-9,12H2,1-4H3. The number of hydrogen-bond donors (Lipinski definition) is 1. The Morgan fingerprint density at radius 2 is 2.00 bits per heavy atom. The van der Waals surface area contributed by atoms with Gasteiger partial charge in [0.05, 0.1) is 0 Å². The highest BCUT2D eigenvalue weighted by Gasteiger charge is 2.28. The Morgan fingerprint density at radius 3 is 2.46 bits per heavy atom. The molecule has 1 aliphatic rings. The van der Waals surface area contributed by atoms with E-state index in [1.54, 1.807) is 0 Å². The Morgan fingerprint density at radius 1 is 1.38 bits per heavy atom. The Balaban J connectivity index is 2.44. The second-order valence-corrected chi connectivity index (χ2v) is 5.97. The lowest BCUT2D eigenvalue weighted by molar-refractivity contribution is 0.101. The van der Waals surface area contributed by atoms with E-state index >= 15 is 0 Å². The predicted molar refractivity (Wildman–Crippen MR) is 57.7 cm³/mol. The molecule has 1 saturated heterocycles. The van der Waals surface area contributed by atoms with Gasteiger partial charge in [-0.3, -0.25) is 0 Å². The molecule has 0 amide bonds. The maximum atomic E-state index is 6.01. The molecule has 1 aliphatic heterocycles. The monoisotopic (exact) mass is 184 g/mol. The van der Waals surface area contributed by atoms with Gasteiger partial charge in [-0.1, -0.05) is 13.8 Å². The molecule has 2 N–H and O–H groups in total. The van der Waals surface area contributed by atoms with E-state index in [0.717, 1.165) is 6.54 Å². The Hall–Kier alpha value is -0.0800. The first kappa shape index (κ1) is 11.0. The first-order valence-corrected chi connectivity index (χ1v) is 5.30. The highest BCUT2D eigenvalue weighted by Crippen LogP contribution is 2.28. The van der Waals surface area contributed by atoms with Crippen molar-refractivity contribution in [3.05, 3.63) is 0 Å². The van der Waals surface area contributed by atoms with Crippen LogP contribution in [0.3, 0.4) is 0 Å². The smallest absolute Gasteiger partial charge is 0.0226 e. The average molecular weight is 184 g/mol. The molecule has 0 unspecified atom stereocenters. The van der Waals surface area contributed by atoms with Crippen LogP contribution >= 0.6 is 0 Å². The quantitative estimate of drug-likeness (QED) is 0.709. The number of rotatable bonds is 2. The Labute approximate surface area is 82.5 Å². The van der Waals surface area contributed by atoms with Crippen molar-refractivity contribution in [2.75, 3.05) is 19.6 Å². The maximum Gasteiger partial charge on any atom is 0.0226 e. The molecule has 1 heterocycles. The predicted octanol–water partition coefficient (Wildman–Crippen LogP) is 1.85. The fourth-order valence-electron chi connectivity index (χ4n) is 2.26. The van der Waals surface area contributed by atoms with Gasteiger partial charge in [-0.25, -0.2) is 0 Å². The molecule has 0 aromatic carbocycles. The molecule has 1 rings (SSSR count). The molecule has 0 atom stereocenters. The van der Waals surface area contributed by atoms with E-state index in [1.807, 2.05) is 0 Å². The van der Waals surface area contributed by atoms with Crippen molar-refractivity contribution in [1.82, 2.24) is 4.90 Å².